The Morgan fingerprint density at radius 3 is 2.72 bits per heavy atom. The maximum Gasteiger partial charge on any atom is 0.338 e. The highest BCUT2D eigenvalue weighted by molar-refractivity contribution is 9.10. The summed E-state index contributed by atoms with van der Waals surface area (Å²) in [5, 5.41) is 0.368. The van der Waals surface area contributed by atoms with E-state index in [0.717, 1.165) is 5.56 Å². The third-order valence-corrected chi connectivity index (χ3v) is 9.08. The van der Waals surface area contributed by atoms with E-state index < -0.39 is 12.0 Å². The van der Waals surface area contributed by atoms with Crippen LogP contribution in [-0.4, -0.2) is 30.0 Å². The number of allylic oxidation sites excluding steroid dienone is 1. The van der Waals surface area contributed by atoms with Gasteiger partial charge in [-0.15, -0.1) is 0 Å². The van der Waals surface area contributed by atoms with E-state index in [-0.39, 0.29) is 37.2 Å². The summed E-state index contributed by atoms with van der Waals surface area (Å²) >= 11 is 11.5. The Bertz CT molecular complexity index is 2030. The van der Waals surface area contributed by atoms with Crippen LogP contribution in [0.25, 0.3) is 6.08 Å². The lowest BCUT2D eigenvalue weighted by atomic mass is 9.95. The number of hydrogen-bond acceptors (Lipinski definition) is 9. The van der Waals surface area contributed by atoms with Gasteiger partial charge in [-0.1, -0.05) is 47.2 Å². The minimum absolute atomic E-state index is 0.125. The molecule has 0 spiro atoms. The molecular formula is C34H30BrClN2O7S. The summed E-state index contributed by atoms with van der Waals surface area (Å²) < 4.78 is 31.0. The van der Waals surface area contributed by atoms with Crippen LogP contribution in [0, 0.1) is 0 Å². The van der Waals surface area contributed by atoms with Crippen molar-refractivity contribution >= 4 is 50.9 Å². The van der Waals surface area contributed by atoms with Gasteiger partial charge in [0.05, 0.1) is 38.0 Å². The monoisotopic (exact) mass is 724 g/mol. The first-order chi connectivity index (χ1) is 22.1. The molecule has 0 N–H and O–H groups in total. The fourth-order valence-electron chi connectivity index (χ4n) is 5.29. The topological polar surface area (TPSA) is 97.6 Å². The van der Waals surface area contributed by atoms with E-state index in [2.05, 4.69) is 20.9 Å². The first kappa shape index (κ1) is 31.9. The number of halogens is 2. The zero-order valence-electron chi connectivity index (χ0n) is 25.5. The molecule has 3 heterocycles. The van der Waals surface area contributed by atoms with Crippen LogP contribution in [0.15, 0.2) is 80.1 Å². The Morgan fingerprint density at radius 1 is 1.17 bits per heavy atom. The average Bonchev–Trinajstić information content (AvgIpc) is 3.59. The predicted octanol–water partition coefficient (Wildman–Crippen LogP) is 6.31. The summed E-state index contributed by atoms with van der Waals surface area (Å²) in [5.74, 6) is 1.87. The van der Waals surface area contributed by atoms with Crippen molar-refractivity contribution < 1.29 is 28.5 Å². The lowest BCUT2D eigenvalue weighted by Crippen LogP contribution is -2.40. The number of hydrogen-bond donors (Lipinski definition) is 0. The number of rotatable bonds is 9. The second-order valence-corrected chi connectivity index (χ2v) is 13.1. The highest BCUT2D eigenvalue weighted by Crippen LogP contribution is 2.38. The molecule has 238 valence electrons. The van der Waals surface area contributed by atoms with Crippen LogP contribution in [0.5, 0.6) is 23.0 Å². The smallest absolute Gasteiger partial charge is 0.338 e. The Hall–Kier alpha value is -4.06. The molecule has 46 heavy (non-hydrogen) atoms. The molecule has 0 saturated heterocycles. The molecule has 2 aliphatic rings. The zero-order valence-corrected chi connectivity index (χ0v) is 28.6. The molecule has 12 heteroatoms. The van der Waals surface area contributed by atoms with Crippen LogP contribution in [0.4, 0.5) is 0 Å². The molecule has 0 fully saturated rings. The summed E-state index contributed by atoms with van der Waals surface area (Å²) in [5.41, 5.74) is 2.69. The Morgan fingerprint density at radius 2 is 1.96 bits per heavy atom. The van der Waals surface area contributed by atoms with Crippen LogP contribution in [0.1, 0.15) is 50.4 Å². The van der Waals surface area contributed by atoms with Gasteiger partial charge in [-0.3, -0.25) is 9.36 Å². The first-order valence-electron chi connectivity index (χ1n) is 14.6. The van der Waals surface area contributed by atoms with Crippen molar-refractivity contribution in [2.75, 3.05) is 13.4 Å². The minimum Gasteiger partial charge on any atom is -0.491 e. The van der Waals surface area contributed by atoms with Crippen molar-refractivity contribution in [3.63, 3.8) is 0 Å². The van der Waals surface area contributed by atoms with Gasteiger partial charge in [-0.2, -0.15) is 0 Å². The van der Waals surface area contributed by atoms with Gasteiger partial charge in [0.1, 0.15) is 18.4 Å². The molecule has 2 aliphatic heterocycles. The Labute approximate surface area is 282 Å². The van der Waals surface area contributed by atoms with Crippen molar-refractivity contribution in [3.8, 4) is 23.0 Å². The number of para-hydroxylation sites is 1. The van der Waals surface area contributed by atoms with E-state index in [9.17, 15) is 9.59 Å². The third kappa shape index (κ3) is 6.31. The van der Waals surface area contributed by atoms with E-state index >= 15 is 0 Å². The summed E-state index contributed by atoms with van der Waals surface area (Å²) in [6.45, 7) is 7.98. The number of aromatic nitrogens is 1. The molecule has 6 rings (SSSR count). The Kier molecular flexibility index (Phi) is 9.26. The summed E-state index contributed by atoms with van der Waals surface area (Å²) in [6, 6.07) is 15.8. The number of fused-ring (bicyclic) bond motifs is 2. The number of benzene rings is 3. The molecule has 0 radical (unpaired) electrons. The fourth-order valence-corrected chi connectivity index (χ4v) is 7.33. The SMILES string of the molecule is CCOC(=O)C1=C(C)N=c2s/c(=C/c3cc(Cl)c(OCc4ccc5c(c4)OCO5)c(Br)c3)c(=O)n2[C@H]1c1ccccc1OC(C)C. The van der Waals surface area contributed by atoms with E-state index in [4.69, 9.17) is 35.3 Å². The van der Waals surface area contributed by atoms with Gasteiger partial charge >= 0.3 is 5.97 Å². The molecule has 3 aromatic carbocycles. The summed E-state index contributed by atoms with van der Waals surface area (Å²) in [6.07, 6.45) is 1.62. The number of ether oxygens (including phenoxy) is 5. The van der Waals surface area contributed by atoms with Gasteiger partial charge in [0.2, 0.25) is 6.79 Å². The summed E-state index contributed by atoms with van der Waals surface area (Å²) in [4.78, 5) is 32.6. The van der Waals surface area contributed by atoms with Crippen LogP contribution in [0.2, 0.25) is 5.02 Å². The van der Waals surface area contributed by atoms with Crippen LogP contribution < -0.4 is 33.8 Å². The predicted molar refractivity (Wildman–Crippen MR) is 179 cm³/mol. The molecule has 0 saturated carbocycles. The number of nitrogens with zero attached hydrogens (tertiary/aromatic N) is 2. The molecule has 4 aromatic rings. The van der Waals surface area contributed by atoms with Crippen molar-refractivity contribution in [2.45, 2.75) is 46.4 Å². The van der Waals surface area contributed by atoms with Gasteiger partial charge in [0, 0.05) is 5.56 Å². The second kappa shape index (κ2) is 13.4. The molecule has 0 unspecified atom stereocenters. The number of carbonyl (C=O) groups excluding carboxylic acids is 1. The van der Waals surface area contributed by atoms with E-state index in [0.29, 0.717) is 58.7 Å². The normalized spacial score (nSPS) is 15.5. The first-order valence-corrected chi connectivity index (χ1v) is 16.6. The molecule has 1 aromatic heterocycles. The maximum absolute atomic E-state index is 14.1. The number of esters is 1. The van der Waals surface area contributed by atoms with Crippen LogP contribution in [0.3, 0.4) is 0 Å². The van der Waals surface area contributed by atoms with Crippen molar-refractivity contribution in [3.05, 3.63) is 112 Å². The molecule has 1 atom stereocenters. The van der Waals surface area contributed by atoms with Crippen molar-refractivity contribution in [2.24, 2.45) is 4.99 Å². The highest BCUT2D eigenvalue weighted by atomic mass is 79.9. The lowest BCUT2D eigenvalue weighted by Gasteiger charge is -2.26. The van der Waals surface area contributed by atoms with Crippen LogP contribution >= 0.6 is 38.9 Å². The maximum atomic E-state index is 14.1. The molecule has 0 aliphatic carbocycles. The minimum atomic E-state index is -0.797. The largest absolute Gasteiger partial charge is 0.491 e. The molecule has 0 bridgehead atoms. The zero-order chi connectivity index (χ0) is 32.5. The highest BCUT2D eigenvalue weighted by Gasteiger charge is 2.35. The summed E-state index contributed by atoms with van der Waals surface area (Å²) in [7, 11) is 0. The van der Waals surface area contributed by atoms with Gasteiger partial charge in [0.15, 0.2) is 22.0 Å². The molecular weight excluding hydrogens is 696 g/mol. The molecule has 9 nitrogen and oxygen atoms in total. The lowest BCUT2D eigenvalue weighted by molar-refractivity contribution is -0.139. The second-order valence-electron chi connectivity index (χ2n) is 10.8. The average molecular weight is 726 g/mol. The van der Waals surface area contributed by atoms with Gasteiger partial charge in [-0.05, 0) is 91.2 Å². The van der Waals surface area contributed by atoms with Gasteiger partial charge in [0.25, 0.3) is 5.56 Å². The fraction of sp³-hybridized carbons (Fsp3) is 0.265. The van der Waals surface area contributed by atoms with Gasteiger partial charge < -0.3 is 23.7 Å². The van der Waals surface area contributed by atoms with Crippen molar-refractivity contribution in [1.82, 2.24) is 4.57 Å². The Balaban J connectivity index is 1.38. The van der Waals surface area contributed by atoms with E-state index in [1.165, 1.54) is 15.9 Å². The van der Waals surface area contributed by atoms with Crippen LogP contribution in [-0.2, 0) is 16.1 Å². The number of thiazole rings is 1. The standard InChI is InChI=1S/C34H30BrClN2O7S/c1-5-41-33(40)29-19(4)37-34-38(30(29)22-8-6-7-9-25(22)45-18(2)3)32(39)28(46-34)15-21-12-23(35)31(24(36)13-21)42-16-20-10-11-26-27(14-20)44-17-43-26/h6-15,18,30H,5,16-17H2,1-4H3/b28-15+/t30-/m0/s1. The molecule has 0 amide bonds. The third-order valence-electron chi connectivity index (χ3n) is 7.23. The van der Waals surface area contributed by atoms with E-state index in [1.54, 1.807) is 26.0 Å². The van der Waals surface area contributed by atoms with E-state index in [1.807, 2.05) is 62.4 Å². The number of carbonyl (C=O) groups is 1. The van der Waals surface area contributed by atoms with Gasteiger partial charge in [-0.25, -0.2) is 9.79 Å². The quantitative estimate of drug-likeness (QED) is 0.187. The van der Waals surface area contributed by atoms with Crippen molar-refractivity contribution in [1.29, 1.82) is 0 Å².